The van der Waals surface area contributed by atoms with E-state index in [0.717, 1.165) is 11.1 Å². The van der Waals surface area contributed by atoms with E-state index in [4.69, 9.17) is 4.74 Å². The van der Waals surface area contributed by atoms with Crippen molar-refractivity contribution in [2.75, 3.05) is 6.61 Å². The molecule has 0 bridgehead atoms. The monoisotopic (exact) mass is 335 g/mol. The fourth-order valence-electron chi connectivity index (χ4n) is 2.72. The maximum Gasteiger partial charge on any atom is 0.323 e. The number of nitrogens with zero attached hydrogens (tertiary/aromatic N) is 1. The molecule has 0 aliphatic carbocycles. The largest absolute Gasteiger partial charge is 0.465 e. The number of nitriles is 1. The maximum absolute atomic E-state index is 12.7. The van der Waals surface area contributed by atoms with Crippen LogP contribution in [0.15, 0.2) is 54.6 Å². The predicted molar refractivity (Wildman–Crippen MR) is 95.0 cm³/mol. The molecule has 4 heteroatoms. The Morgan fingerprint density at radius 1 is 1.08 bits per heavy atom. The Morgan fingerprint density at radius 3 is 2.28 bits per heavy atom. The zero-order valence-electron chi connectivity index (χ0n) is 14.4. The second-order valence-corrected chi connectivity index (χ2v) is 5.87. The summed E-state index contributed by atoms with van der Waals surface area (Å²) in [5.41, 5.74) is 2.42. The number of ketones is 1. The van der Waals surface area contributed by atoms with Crippen molar-refractivity contribution in [2.45, 2.75) is 26.2 Å². The zero-order chi connectivity index (χ0) is 18.2. The first kappa shape index (κ1) is 18.4. The number of carbonyl (C=O) groups excluding carboxylic acids is 2. The number of Topliss-reactive ketones (excluding diaryl/α,β-unsaturated/α-hetero) is 1. The summed E-state index contributed by atoms with van der Waals surface area (Å²) in [6.07, 6.45) is 0.0735. The first-order valence-corrected chi connectivity index (χ1v) is 8.27. The van der Waals surface area contributed by atoms with Gasteiger partial charge in [0.2, 0.25) is 0 Å². The number of rotatable bonds is 7. The second-order valence-electron chi connectivity index (χ2n) is 5.87. The van der Waals surface area contributed by atoms with Gasteiger partial charge in [0.15, 0.2) is 11.7 Å². The van der Waals surface area contributed by atoms with E-state index >= 15 is 0 Å². The number of hydrogen-bond acceptors (Lipinski definition) is 4. The van der Waals surface area contributed by atoms with Gasteiger partial charge in [-0.1, -0.05) is 60.2 Å². The van der Waals surface area contributed by atoms with E-state index in [1.165, 1.54) is 0 Å². The number of benzene rings is 2. The van der Waals surface area contributed by atoms with Crippen LogP contribution in [-0.2, 0) is 9.53 Å². The average Bonchev–Trinajstić information content (AvgIpc) is 2.63. The molecule has 2 rings (SSSR count). The van der Waals surface area contributed by atoms with Crippen molar-refractivity contribution < 1.29 is 14.3 Å². The van der Waals surface area contributed by atoms with Gasteiger partial charge in [-0.3, -0.25) is 9.59 Å². The van der Waals surface area contributed by atoms with Gasteiger partial charge in [-0.15, -0.1) is 0 Å². The number of ether oxygens (including phenoxy) is 1. The normalized spacial score (nSPS) is 12.7. The summed E-state index contributed by atoms with van der Waals surface area (Å²) in [4.78, 5) is 24.9. The van der Waals surface area contributed by atoms with E-state index in [1.54, 1.807) is 19.1 Å². The Balaban J connectivity index is 2.31. The Morgan fingerprint density at radius 2 is 1.72 bits per heavy atom. The van der Waals surface area contributed by atoms with E-state index in [1.807, 2.05) is 55.5 Å². The van der Waals surface area contributed by atoms with Gasteiger partial charge in [0.1, 0.15) is 0 Å². The van der Waals surface area contributed by atoms with Crippen LogP contribution in [-0.4, -0.2) is 18.4 Å². The molecule has 128 valence electrons. The predicted octanol–water partition coefficient (Wildman–Crippen LogP) is 4.05. The number of esters is 1. The van der Waals surface area contributed by atoms with Crippen molar-refractivity contribution in [1.29, 1.82) is 5.26 Å². The first-order chi connectivity index (χ1) is 12.1. The van der Waals surface area contributed by atoms with Gasteiger partial charge in [0.25, 0.3) is 0 Å². The van der Waals surface area contributed by atoms with Crippen molar-refractivity contribution in [3.05, 3.63) is 71.3 Å². The minimum absolute atomic E-state index is 0.0735. The fraction of sp³-hybridized carbons (Fsp3) is 0.286. The molecule has 0 radical (unpaired) electrons. The summed E-state index contributed by atoms with van der Waals surface area (Å²) in [6.45, 7) is 3.85. The molecule has 0 fully saturated rings. The molecule has 0 N–H and O–H groups in total. The summed E-state index contributed by atoms with van der Waals surface area (Å²) in [5, 5.41) is 9.51. The summed E-state index contributed by atoms with van der Waals surface area (Å²) in [6, 6.07) is 18.5. The number of hydrogen-bond donors (Lipinski definition) is 0. The van der Waals surface area contributed by atoms with Crippen molar-refractivity contribution in [2.24, 2.45) is 5.92 Å². The minimum atomic E-state index is -1.02. The average molecular weight is 335 g/mol. The maximum atomic E-state index is 12.7. The molecule has 2 atom stereocenters. The van der Waals surface area contributed by atoms with Crippen LogP contribution in [0, 0.1) is 24.2 Å². The molecule has 4 nitrogen and oxygen atoms in total. The molecule has 0 saturated heterocycles. The quantitative estimate of drug-likeness (QED) is 0.565. The smallest absolute Gasteiger partial charge is 0.323 e. The van der Waals surface area contributed by atoms with Gasteiger partial charge >= 0.3 is 5.97 Å². The topological polar surface area (TPSA) is 67.2 Å². The molecule has 0 aliphatic heterocycles. The molecule has 0 spiro atoms. The number of carbonyl (C=O) groups is 2. The van der Waals surface area contributed by atoms with Crippen LogP contribution < -0.4 is 0 Å². The van der Waals surface area contributed by atoms with Crippen LogP contribution in [0.25, 0.3) is 0 Å². The SMILES string of the molecule is CCOC(=O)C(C#N)C(CC(=O)c1ccc(C)cc1)c1ccccc1. The van der Waals surface area contributed by atoms with Crippen molar-refractivity contribution in [1.82, 2.24) is 0 Å². The highest BCUT2D eigenvalue weighted by Gasteiger charge is 2.32. The van der Waals surface area contributed by atoms with E-state index in [2.05, 4.69) is 0 Å². The van der Waals surface area contributed by atoms with Crippen LogP contribution in [0.1, 0.15) is 40.7 Å². The Bertz CT molecular complexity index is 760. The lowest BCUT2D eigenvalue weighted by atomic mass is 9.82. The summed E-state index contributed by atoms with van der Waals surface area (Å²) >= 11 is 0. The lowest BCUT2D eigenvalue weighted by Gasteiger charge is -2.20. The van der Waals surface area contributed by atoms with Crippen molar-refractivity contribution >= 4 is 11.8 Å². The molecule has 2 aromatic carbocycles. The summed E-state index contributed by atoms with van der Waals surface area (Å²) in [5.74, 6) is -2.25. The van der Waals surface area contributed by atoms with E-state index in [-0.39, 0.29) is 18.8 Å². The molecule has 0 aromatic heterocycles. The van der Waals surface area contributed by atoms with Crippen molar-refractivity contribution in [3.8, 4) is 6.07 Å². The highest BCUT2D eigenvalue weighted by Crippen LogP contribution is 2.30. The van der Waals surface area contributed by atoms with E-state index in [0.29, 0.717) is 5.56 Å². The highest BCUT2D eigenvalue weighted by atomic mass is 16.5. The van der Waals surface area contributed by atoms with Gasteiger partial charge < -0.3 is 4.74 Å². The molecular formula is C21H21NO3. The standard InChI is InChI=1S/C21H21NO3/c1-3-25-21(24)19(14-22)18(16-7-5-4-6-8-16)13-20(23)17-11-9-15(2)10-12-17/h4-12,18-19H,3,13H2,1-2H3. The molecule has 25 heavy (non-hydrogen) atoms. The molecule has 2 unspecified atom stereocenters. The summed E-state index contributed by atoms with van der Waals surface area (Å²) < 4.78 is 5.03. The molecule has 0 heterocycles. The van der Waals surface area contributed by atoms with Crippen molar-refractivity contribution in [3.63, 3.8) is 0 Å². The van der Waals surface area contributed by atoms with Gasteiger partial charge in [-0.2, -0.15) is 5.26 Å². The second kappa shape index (κ2) is 8.79. The minimum Gasteiger partial charge on any atom is -0.465 e. The molecular weight excluding hydrogens is 314 g/mol. The van der Waals surface area contributed by atoms with Crippen LogP contribution in [0.2, 0.25) is 0 Å². The third-order valence-corrected chi connectivity index (χ3v) is 4.09. The van der Waals surface area contributed by atoms with Gasteiger partial charge in [0.05, 0.1) is 12.7 Å². The van der Waals surface area contributed by atoms with Crippen LogP contribution >= 0.6 is 0 Å². The van der Waals surface area contributed by atoms with Crippen LogP contribution in [0.3, 0.4) is 0 Å². The number of aryl methyl sites for hydroxylation is 1. The summed E-state index contributed by atoms with van der Waals surface area (Å²) in [7, 11) is 0. The third kappa shape index (κ3) is 4.77. The molecule has 0 amide bonds. The van der Waals surface area contributed by atoms with Crippen LogP contribution in [0.5, 0.6) is 0 Å². The fourth-order valence-corrected chi connectivity index (χ4v) is 2.72. The Labute approximate surface area is 148 Å². The van der Waals surface area contributed by atoms with Gasteiger partial charge in [0, 0.05) is 17.9 Å². The highest BCUT2D eigenvalue weighted by molar-refractivity contribution is 5.97. The molecule has 0 aliphatic rings. The van der Waals surface area contributed by atoms with Crippen LogP contribution in [0.4, 0.5) is 0 Å². The van der Waals surface area contributed by atoms with Gasteiger partial charge in [-0.05, 0) is 19.4 Å². The lowest BCUT2D eigenvalue weighted by molar-refractivity contribution is -0.146. The Kier molecular flexibility index (Phi) is 6.47. The first-order valence-electron chi connectivity index (χ1n) is 8.27. The molecule has 0 saturated carbocycles. The zero-order valence-corrected chi connectivity index (χ0v) is 14.4. The molecule has 2 aromatic rings. The Hall–Kier alpha value is -2.93. The lowest BCUT2D eigenvalue weighted by Crippen LogP contribution is -2.25. The van der Waals surface area contributed by atoms with Gasteiger partial charge in [-0.25, -0.2) is 0 Å². The van der Waals surface area contributed by atoms with E-state index in [9.17, 15) is 14.9 Å². The third-order valence-electron chi connectivity index (χ3n) is 4.09. The van der Waals surface area contributed by atoms with E-state index < -0.39 is 17.8 Å².